The van der Waals surface area contributed by atoms with Crippen LogP contribution in [0.5, 0.6) is 0 Å². The molecule has 0 aliphatic rings. The number of esters is 1. The zero-order valence-electron chi connectivity index (χ0n) is 19.4. The van der Waals surface area contributed by atoms with Gasteiger partial charge >= 0.3 is 5.97 Å². The highest BCUT2D eigenvalue weighted by molar-refractivity contribution is 5.69. The molecule has 0 aromatic heterocycles. The molecule has 0 N–H and O–H groups in total. The molecule has 0 spiro atoms. The van der Waals surface area contributed by atoms with Crippen molar-refractivity contribution in [2.75, 3.05) is 20.6 Å². The smallest absolute Gasteiger partial charge is 0.310 e. The molecular formula is C24H50NO2+. The van der Waals surface area contributed by atoms with E-state index < -0.39 is 0 Å². The quantitative estimate of drug-likeness (QED) is 0.102. The van der Waals surface area contributed by atoms with Crippen LogP contribution in [0.3, 0.4) is 0 Å². The molecule has 0 saturated carbocycles. The predicted molar refractivity (Wildman–Crippen MR) is 118 cm³/mol. The summed E-state index contributed by atoms with van der Waals surface area (Å²) in [5.74, 6) is -0.000495. The minimum Gasteiger partial charge on any atom is -0.412 e. The van der Waals surface area contributed by atoms with Gasteiger partial charge in [0.2, 0.25) is 6.23 Å². The lowest BCUT2D eigenvalue weighted by Crippen LogP contribution is -2.51. The van der Waals surface area contributed by atoms with Crippen LogP contribution >= 0.6 is 0 Å². The molecule has 0 radical (unpaired) electrons. The first-order valence-corrected chi connectivity index (χ1v) is 12.0. The average molecular weight is 385 g/mol. The van der Waals surface area contributed by atoms with Gasteiger partial charge in [0, 0.05) is 12.8 Å². The van der Waals surface area contributed by atoms with Crippen molar-refractivity contribution in [1.29, 1.82) is 0 Å². The molecule has 0 rings (SSSR count). The highest BCUT2D eigenvalue weighted by Gasteiger charge is 2.29. The Morgan fingerprint density at radius 1 is 0.704 bits per heavy atom. The second-order valence-corrected chi connectivity index (χ2v) is 8.85. The molecule has 27 heavy (non-hydrogen) atoms. The van der Waals surface area contributed by atoms with E-state index in [0.29, 0.717) is 6.42 Å². The lowest BCUT2D eigenvalue weighted by atomic mass is 10.1. The summed E-state index contributed by atoms with van der Waals surface area (Å²) in [6.07, 6.45) is 19.6. The topological polar surface area (TPSA) is 26.3 Å². The Kier molecular flexibility index (Phi) is 17.2. The van der Waals surface area contributed by atoms with E-state index in [4.69, 9.17) is 4.74 Å². The Labute approximate surface area is 170 Å². The minimum absolute atomic E-state index is 0.000495. The molecule has 0 aromatic rings. The number of carbonyl (C=O) groups excluding carboxylic acids is 1. The molecule has 3 heteroatoms. The normalized spacial score (nSPS) is 12.9. The van der Waals surface area contributed by atoms with Crippen LogP contribution in [0.4, 0.5) is 0 Å². The fraction of sp³-hybridized carbons (Fsp3) is 0.958. The number of carbonyl (C=O) groups is 1. The molecular weight excluding hydrogens is 334 g/mol. The van der Waals surface area contributed by atoms with Gasteiger partial charge in [-0.15, -0.1) is 0 Å². The number of rotatable bonds is 19. The van der Waals surface area contributed by atoms with Crippen molar-refractivity contribution in [2.45, 2.75) is 130 Å². The van der Waals surface area contributed by atoms with Crippen LogP contribution in [0.15, 0.2) is 0 Å². The third-order valence-electron chi connectivity index (χ3n) is 5.72. The number of unbranched alkanes of at least 4 members (excludes halogenated alkanes) is 12. The van der Waals surface area contributed by atoms with Crippen molar-refractivity contribution >= 4 is 5.97 Å². The molecule has 0 amide bonds. The van der Waals surface area contributed by atoms with Gasteiger partial charge in [0.25, 0.3) is 0 Å². The van der Waals surface area contributed by atoms with Crippen molar-refractivity contribution < 1.29 is 14.0 Å². The average Bonchev–Trinajstić information content (AvgIpc) is 2.64. The van der Waals surface area contributed by atoms with Gasteiger partial charge in [0.15, 0.2) is 0 Å². The van der Waals surface area contributed by atoms with Crippen LogP contribution in [0.2, 0.25) is 0 Å². The number of hydrogen-bond donors (Lipinski definition) is 0. The van der Waals surface area contributed by atoms with Gasteiger partial charge in [-0.05, 0) is 19.3 Å². The lowest BCUT2D eigenvalue weighted by molar-refractivity contribution is -0.935. The summed E-state index contributed by atoms with van der Waals surface area (Å²) >= 11 is 0. The Morgan fingerprint density at radius 2 is 1.15 bits per heavy atom. The molecule has 0 aliphatic carbocycles. The van der Waals surface area contributed by atoms with E-state index in [1.807, 2.05) is 0 Å². The second-order valence-electron chi connectivity index (χ2n) is 8.85. The summed E-state index contributed by atoms with van der Waals surface area (Å²) in [4.78, 5) is 12.2. The number of hydrogen-bond acceptors (Lipinski definition) is 2. The zero-order chi connectivity index (χ0) is 20.4. The van der Waals surface area contributed by atoms with E-state index in [2.05, 4.69) is 34.9 Å². The Hall–Kier alpha value is -0.570. The van der Waals surface area contributed by atoms with Crippen LogP contribution in [0.1, 0.15) is 124 Å². The van der Waals surface area contributed by atoms with Gasteiger partial charge in [-0.1, -0.05) is 91.4 Å². The Balaban J connectivity index is 3.73. The first kappa shape index (κ1) is 26.4. The Morgan fingerprint density at radius 3 is 1.63 bits per heavy atom. The third kappa shape index (κ3) is 15.1. The summed E-state index contributed by atoms with van der Waals surface area (Å²) in [6.45, 7) is 7.70. The van der Waals surface area contributed by atoms with E-state index in [1.54, 1.807) is 0 Å². The van der Waals surface area contributed by atoms with Crippen LogP contribution < -0.4 is 0 Å². The summed E-state index contributed by atoms with van der Waals surface area (Å²) in [6, 6.07) is 0. The molecule has 0 heterocycles. The van der Waals surface area contributed by atoms with Gasteiger partial charge in [-0.25, -0.2) is 0 Å². The summed E-state index contributed by atoms with van der Waals surface area (Å²) in [5, 5.41) is 0. The Bertz CT molecular complexity index is 341. The highest BCUT2D eigenvalue weighted by Crippen LogP contribution is 2.17. The number of ether oxygens (including phenoxy) is 1. The van der Waals surface area contributed by atoms with Crippen molar-refractivity contribution in [3.05, 3.63) is 0 Å². The maximum Gasteiger partial charge on any atom is 0.310 e. The molecule has 1 atom stereocenters. The van der Waals surface area contributed by atoms with Crippen molar-refractivity contribution in [1.82, 2.24) is 0 Å². The molecule has 0 aromatic carbocycles. The molecule has 0 saturated heterocycles. The fourth-order valence-electron chi connectivity index (χ4n) is 3.78. The van der Waals surface area contributed by atoms with Gasteiger partial charge in [-0.3, -0.25) is 9.28 Å². The van der Waals surface area contributed by atoms with Crippen molar-refractivity contribution in [3.63, 3.8) is 0 Å². The summed E-state index contributed by atoms with van der Waals surface area (Å²) < 4.78 is 6.61. The standard InChI is InChI=1S/C24H50NO2/c1-6-9-11-12-13-14-15-16-17-18-19-21-24(26)27-23(8-3)25(4,5)22-20-10-7-2/h23H,6-22H2,1-5H3/q+1. The van der Waals surface area contributed by atoms with Crippen LogP contribution in [0, 0.1) is 0 Å². The molecule has 162 valence electrons. The first-order chi connectivity index (χ1) is 13.0. The number of nitrogens with zero attached hydrogens (tertiary/aromatic N) is 1. The summed E-state index contributed by atoms with van der Waals surface area (Å²) in [5.41, 5.74) is 0. The maximum atomic E-state index is 12.2. The largest absolute Gasteiger partial charge is 0.412 e. The van der Waals surface area contributed by atoms with E-state index in [0.717, 1.165) is 30.3 Å². The van der Waals surface area contributed by atoms with E-state index in [9.17, 15) is 4.79 Å². The van der Waals surface area contributed by atoms with Gasteiger partial charge in [0.05, 0.1) is 20.6 Å². The lowest BCUT2D eigenvalue weighted by Gasteiger charge is -2.36. The van der Waals surface area contributed by atoms with E-state index >= 15 is 0 Å². The predicted octanol–water partition coefficient (Wildman–Crippen LogP) is 7.23. The highest BCUT2D eigenvalue weighted by atomic mass is 16.6. The summed E-state index contributed by atoms with van der Waals surface area (Å²) in [7, 11) is 4.39. The van der Waals surface area contributed by atoms with Gasteiger partial charge < -0.3 is 4.74 Å². The van der Waals surface area contributed by atoms with Crippen molar-refractivity contribution in [3.8, 4) is 0 Å². The maximum absolute atomic E-state index is 12.2. The van der Waals surface area contributed by atoms with Crippen LogP contribution in [-0.2, 0) is 9.53 Å². The second kappa shape index (κ2) is 17.5. The molecule has 1 unspecified atom stereocenters. The number of quaternary nitrogens is 1. The molecule has 3 nitrogen and oxygen atoms in total. The van der Waals surface area contributed by atoms with Crippen LogP contribution in [-0.4, -0.2) is 37.3 Å². The van der Waals surface area contributed by atoms with Crippen molar-refractivity contribution in [2.24, 2.45) is 0 Å². The van der Waals surface area contributed by atoms with Gasteiger partial charge in [-0.2, -0.15) is 0 Å². The SMILES string of the molecule is CCCCCCCCCCCCCC(=O)OC(CC)[N+](C)(C)CCCCC. The van der Waals surface area contributed by atoms with Gasteiger partial charge in [0.1, 0.15) is 0 Å². The molecule has 0 aliphatic heterocycles. The monoisotopic (exact) mass is 384 g/mol. The molecule has 0 bridgehead atoms. The van der Waals surface area contributed by atoms with E-state index in [1.165, 1.54) is 77.0 Å². The first-order valence-electron chi connectivity index (χ1n) is 12.0. The minimum atomic E-state index is -0.000495. The van der Waals surface area contributed by atoms with E-state index in [-0.39, 0.29) is 12.2 Å². The van der Waals surface area contributed by atoms with Crippen LogP contribution in [0.25, 0.3) is 0 Å². The molecule has 0 fully saturated rings. The zero-order valence-corrected chi connectivity index (χ0v) is 19.4. The fourth-order valence-corrected chi connectivity index (χ4v) is 3.78. The third-order valence-corrected chi connectivity index (χ3v) is 5.72.